The van der Waals surface area contributed by atoms with Gasteiger partial charge in [-0.25, -0.2) is 0 Å². The van der Waals surface area contributed by atoms with Gasteiger partial charge < -0.3 is 14.9 Å². The Hall–Kier alpha value is -1.79. The van der Waals surface area contributed by atoms with Crippen molar-refractivity contribution in [2.24, 2.45) is 28.6 Å². The van der Waals surface area contributed by atoms with Crippen LogP contribution in [0.1, 0.15) is 40.0 Å². The zero-order valence-corrected chi connectivity index (χ0v) is 15.9. The van der Waals surface area contributed by atoms with Crippen molar-refractivity contribution in [1.29, 1.82) is 0 Å². The third-order valence-corrected chi connectivity index (χ3v) is 7.81. The van der Waals surface area contributed by atoms with Crippen LogP contribution in [0, 0.1) is 28.6 Å². The Morgan fingerprint density at radius 1 is 1.26 bits per heavy atom. The van der Waals surface area contributed by atoms with Crippen molar-refractivity contribution in [3.8, 4) is 0 Å². The van der Waals surface area contributed by atoms with Crippen LogP contribution in [-0.2, 0) is 19.1 Å². The van der Waals surface area contributed by atoms with E-state index < -0.39 is 40.8 Å². The lowest BCUT2D eigenvalue weighted by Crippen LogP contribution is -2.60. The third kappa shape index (κ3) is 2.06. The van der Waals surface area contributed by atoms with E-state index in [4.69, 9.17) is 4.74 Å². The monoisotopic (exact) mass is 374 g/mol. The molecular formula is C21H26O6. The summed E-state index contributed by atoms with van der Waals surface area (Å²) in [4.78, 5) is 37.8. The second kappa shape index (κ2) is 5.61. The number of rotatable bonds is 2. The van der Waals surface area contributed by atoms with Crippen molar-refractivity contribution in [2.75, 3.05) is 0 Å². The smallest absolute Gasteiger partial charge is 0.293 e. The maximum Gasteiger partial charge on any atom is 0.293 e. The molecule has 2 saturated carbocycles. The van der Waals surface area contributed by atoms with Gasteiger partial charge in [0.2, 0.25) is 0 Å². The number of carbonyl (C=O) groups excluding carboxylic acids is 3. The van der Waals surface area contributed by atoms with Gasteiger partial charge in [0.15, 0.2) is 17.7 Å². The molecule has 0 radical (unpaired) electrons. The lowest BCUT2D eigenvalue weighted by molar-refractivity contribution is -0.152. The van der Waals surface area contributed by atoms with Gasteiger partial charge in [0, 0.05) is 22.5 Å². The molecule has 4 aliphatic carbocycles. The fourth-order valence-corrected chi connectivity index (χ4v) is 6.00. The third-order valence-electron chi connectivity index (χ3n) is 7.81. The van der Waals surface area contributed by atoms with Crippen LogP contribution in [0.2, 0.25) is 0 Å². The summed E-state index contributed by atoms with van der Waals surface area (Å²) in [6.45, 7) is 10.0. The van der Waals surface area contributed by atoms with Crippen molar-refractivity contribution in [3.05, 3.63) is 23.3 Å². The first kappa shape index (κ1) is 18.6. The van der Waals surface area contributed by atoms with Crippen molar-refractivity contribution < 1.29 is 29.3 Å². The van der Waals surface area contributed by atoms with Crippen molar-refractivity contribution >= 4 is 18.0 Å². The van der Waals surface area contributed by atoms with Crippen LogP contribution in [0.3, 0.4) is 0 Å². The fourth-order valence-electron chi connectivity index (χ4n) is 6.00. The number of hydrogen-bond acceptors (Lipinski definition) is 6. The van der Waals surface area contributed by atoms with Crippen LogP contribution in [0.25, 0.3) is 0 Å². The summed E-state index contributed by atoms with van der Waals surface area (Å²) in [5.74, 6) is -1.31. The molecule has 6 nitrogen and oxygen atoms in total. The van der Waals surface area contributed by atoms with Crippen LogP contribution >= 0.6 is 0 Å². The molecule has 27 heavy (non-hydrogen) atoms. The summed E-state index contributed by atoms with van der Waals surface area (Å²) in [5.41, 5.74) is -0.830. The Morgan fingerprint density at radius 2 is 1.89 bits per heavy atom. The largest absolute Gasteiger partial charge is 0.457 e. The van der Waals surface area contributed by atoms with Crippen LogP contribution in [-0.4, -0.2) is 46.6 Å². The van der Waals surface area contributed by atoms with E-state index >= 15 is 0 Å². The molecule has 6 heteroatoms. The molecule has 0 bridgehead atoms. The average molecular weight is 374 g/mol. The Bertz CT molecular complexity index is 796. The standard InChI is InChI=1S/C21H26O6/c1-9-5-6-20(4)13(11(9)3)15(23)17(27-8-22)12-14(20)16(24)19(26)21(18(12)25)7-10(21)2/h8-10,13,15,17,19,23,26H,3,5-7H2,1-2,4H3/t9-,10-,13-,15+,17+,19+,20+,21-/m1/s1. The van der Waals surface area contributed by atoms with Gasteiger partial charge in [-0.1, -0.05) is 32.9 Å². The molecule has 0 aromatic carbocycles. The van der Waals surface area contributed by atoms with Crippen LogP contribution in [0.4, 0.5) is 0 Å². The van der Waals surface area contributed by atoms with E-state index in [2.05, 4.69) is 6.58 Å². The van der Waals surface area contributed by atoms with Gasteiger partial charge in [-0.05, 0) is 31.1 Å². The molecule has 8 atom stereocenters. The number of ether oxygens (including phenoxy) is 1. The normalized spacial score (nSPS) is 49.0. The van der Waals surface area contributed by atoms with Gasteiger partial charge in [-0.2, -0.15) is 0 Å². The average Bonchev–Trinajstić information content (AvgIpc) is 3.29. The SMILES string of the molecule is C=C1[C@H](C)CC[C@]2(C)C3=C(C(=O)[C@]4(C[C@H]4C)[C@@H](O)C3=O)[C@H](OC=O)[C@@H](O)[C@@H]12. The van der Waals surface area contributed by atoms with E-state index in [1.54, 1.807) is 0 Å². The molecular weight excluding hydrogens is 348 g/mol. The van der Waals surface area contributed by atoms with E-state index in [9.17, 15) is 24.6 Å². The van der Waals surface area contributed by atoms with Crippen molar-refractivity contribution in [2.45, 2.75) is 58.3 Å². The first-order valence-electron chi connectivity index (χ1n) is 9.60. The number of aliphatic hydroxyl groups is 2. The summed E-state index contributed by atoms with van der Waals surface area (Å²) in [5, 5.41) is 21.9. The minimum Gasteiger partial charge on any atom is -0.457 e. The molecule has 4 aliphatic rings. The minimum atomic E-state index is -1.38. The number of fused-ring (bicyclic) bond motifs is 2. The van der Waals surface area contributed by atoms with Crippen molar-refractivity contribution in [1.82, 2.24) is 0 Å². The predicted octanol–water partition coefficient (Wildman–Crippen LogP) is 1.35. The fraction of sp³-hybridized carbons (Fsp3) is 0.667. The summed E-state index contributed by atoms with van der Waals surface area (Å²) < 4.78 is 5.17. The maximum absolute atomic E-state index is 13.4. The molecule has 0 aliphatic heterocycles. The molecule has 0 aromatic heterocycles. The summed E-state index contributed by atoms with van der Waals surface area (Å²) in [6, 6.07) is 0. The Labute approximate surface area is 158 Å². The van der Waals surface area contributed by atoms with Gasteiger partial charge >= 0.3 is 0 Å². The second-order valence-corrected chi connectivity index (χ2v) is 9.08. The van der Waals surface area contributed by atoms with Gasteiger partial charge in [0.25, 0.3) is 6.47 Å². The first-order chi connectivity index (χ1) is 12.6. The lowest BCUT2D eigenvalue weighted by atomic mass is 9.50. The molecule has 4 rings (SSSR count). The highest BCUT2D eigenvalue weighted by atomic mass is 16.5. The number of hydrogen-bond donors (Lipinski definition) is 2. The number of aliphatic hydroxyl groups excluding tert-OH is 2. The molecule has 0 aromatic rings. The molecule has 1 spiro atoms. The molecule has 2 N–H and O–H groups in total. The van der Waals surface area contributed by atoms with Gasteiger partial charge in [0.05, 0.1) is 5.41 Å². The van der Waals surface area contributed by atoms with Crippen LogP contribution in [0.15, 0.2) is 23.3 Å². The lowest BCUT2D eigenvalue weighted by Gasteiger charge is -2.55. The summed E-state index contributed by atoms with van der Waals surface area (Å²) in [6.07, 6.45) is -1.94. The molecule has 0 amide bonds. The summed E-state index contributed by atoms with van der Waals surface area (Å²) >= 11 is 0. The van der Waals surface area contributed by atoms with E-state index in [0.29, 0.717) is 12.8 Å². The molecule has 0 heterocycles. The zero-order valence-electron chi connectivity index (χ0n) is 15.9. The molecule has 0 unspecified atom stereocenters. The maximum atomic E-state index is 13.4. The quantitative estimate of drug-likeness (QED) is 0.559. The highest BCUT2D eigenvalue weighted by molar-refractivity contribution is 6.19. The topological polar surface area (TPSA) is 101 Å². The Balaban J connectivity index is 1.97. The first-order valence-corrected chi connectivity index (χ1v) is 9.60. The minimum absolute atomic E-state index is 0.0929. The van der Waals surface area contributed by atoms with E-state index in [1.165, 1.54) is 0 Å². The number of carbonyl (C=O) groups is 3. The van der Waals surface area contributed by atoms with Gasteiger partial charge in [-0.3, -0.25) is 14.4 Å². The van der Waals surface area contributed by atoms with Gasteiger partial charge in [-0.15, -0.1) is 0 Å². The molecule has 146 valence electrons. The van der Waals surface area contributed by atoms with Crippen LogP contribution in [0.5, 0.6) is 0 Å². The Morgan fingerprint density at radius 3 is 2.44 bits per heavy atom. The number of Topliss-reactive ketones (excluding diaryl/α,β-unsaturated/α-hetero) is 2. The Kier molecular flexibility index (Phi) is 3.86. The highest BCUT2D eigenvalue weighted by Crippen LogP contribution is 2.65. The molecule has 0 saturated heterocycles. The van der Waals surface area contributed by atoms with E-state index in [0.717, 1.165) is 12.0 Å². The second-order valence-electron chi connectivity index (χ2n) is 9.08. The van der Waals surface area contributed by atoms with E-state index in [1.807, 2.05) is 20.8 Å². The highest BCUT2D eigenvalue weighted by Gasteiger charge is 2.71. The summed E-state index contributed by atoms with van der Waals surface area (Å²) in [7, 11) is 0. The van der Waals surface area contributed by atoms with E-state index in [-0.39, 0.29) is 35.2 Å². The van der Waals surface area contributed by atoms with Crippen molar-refractivity contribution in [3.63, 3.8) is 0 Å². The predicted molar refractivity (Wildman–Crippen MR) is 95.3 cm³/mol. The zero-order chi connectivity index (χ0) is 19.9. The number of ketones is 2. The van der Waals surface area contributed by atoms with Crippen LogP contribution < -0.4 is 0 Å². The van der Waals surface area contributed by atoms with Gasteiger partial charge in [0.1, 0.15) is 12.2 Å². The molecule has 2 fully saturated rings.